The van der Waals surface area contributed by atoms with Crippen molar-refractivity contribution >= 4 is 57.3 Å². The fraction of sp³-hybridized carbons (Fsp3) is 0.172. The number of fused-ring (bicyclic) bond motifs is 1. The number of anilines is 1. The summed E-state index contributed by atoms with van der Waals surface area (Å²) in [6, 6.07) is 19.0. The highest BCUT2D eigenvalue weighted by molar-refractivity contribution is 8.00. The molecule has 0 spiro atoms. The van der Waals surface area contributed by atoms with Crippen molar-refractivity contribution in [2.75, 3.05) is 18.1 Å². The molecule has 1 saturated heterocycles. The second-order valence-corrected chi connectivity index (χ2v) is 11.8. The second kappa shape index (κ2) is 11.0. The maximum absolute atomic E-state index is 13.5. The van der Waals surface area contributed by atoms with E-state index in [0.29, 0.717) is 51.0 Å². The van der Waals surface area contributed by atoms with Crippen LogP contribution in [0.3, 0.4) is 0 Å². The Labute approximate surface area is 243 Å². The number of amides is 1. The van der Waals surface area contributed by atoms with Crippen LogP contribution in [0.4, 0.5) is 5.13 Å². The van der Waals surface area contributed by atoms with Crippen molar-refractivity contribution in [2.24, 2.45) is 0 Å². The Balaban J connectivity index is 1.38. The van der Waals surface area contributed by atoms with Crippen LogP contribution in [0.1, 0.15) is 28.3 Å². The SMILES string of the molecule is Cc1ccc(CSc2nnc(N3C(=O)C(=O)C(=C(O)c4ccc5c(c4)OCCO5)[C@H]3c3cccc(Cl)c3)s2)cc1. The van der Waals surface area contributed by atoms with Crippen molar-refractivity contribution < 1.29 is 24.2 Å². The number of ether oxygens (including phenoxy) is 2. The van der Waals surface area contributed by atoms with Crippen LogP contribution >= 0.6 is 34.7 Å². The van der Waals surface area contributed by atoms with Crippen molar-refractivity contribution in [1.29, 1.82) is 0 Å². The number of aliphatic hydroxyl groups excluding tert-OH is 1. The lowest BCUT2D eigenvalue weighted by atomic mass is 9.95. The quantitative estimate of drug-likeness (QED) is 0.0931. The maximum Gasteiger partial charge on any atom is 0.301 e. The molecule has 3 heterocycles. The lowest BCUT2D eigenvalue weighted by molar-refractivity contribution is -0.132. The highest BCUT2D eigenvalue weighted by atomic mass is 35.5. The van der Waals surface area contributed by atoms with Gasteiger partial charge in [0.25, 0.3) is 5.78 Å². The smallest absolute Gasteiger partial charge is 0.301 e. The molecule has 0 unspecified atom stereocenters. The van der Waals surface area contributed by atoms with E-state index >= 15 is 0 Å². The molecule has 2 aliphatic rings. The molecule has 1 N–H and O–H groups in total. The molecule has 0 radical (unpaired) electrons. The van der Waals surface area contributed by atoms with E-state index in [-0.39, 0.29) is 16.5 Å². The first-order valence-electron chi connectivity index (χ1n) is 12.4. The molecule has 6 rings (SSSR count). The largest absolute Gasteiger partial charge is 0.507 e. The molecule has 0 saturated carbocycles. The predicted octanol–water partition coefficient (Wildman–Crippen LogP) is 6.19. The zero-order chi connectivity index (χ0) is 27.8. The number of carbonyl (C=O) groups excluding carboxylic acids is 2. The molecular formula is C29H22ClN3O5S2. The molecule has 40 heavy (non-hydrogen) atoms. The lowest BCUT2D eigenvalue weighted by Crippen LogP contribution is -2.29. The summed E-state index contributed by atoms with van der Waals surface area (Å²) in [6.07, 6.45) is 0. The van der Waals surface area contributed by atoms with Crippen molar-refractivity contribution in [1.82, 2.24) is 10.2 Å². The molecule has 1 atom stereocenters. The number of hydrogen-bond donors (Lipinski definition) is 1. The lowest BCUT2D eigenvalue weighted by Gasteiger charge is -2.23. The zero-order valence-corrected chi connectivity index (χ0v) is 23.6. The number of rotatable bonds is 6. The average Bonchev–Trinajstić information content (AvgIpc) is 3.54. The number of halogens is 1. The zero-order valence-electron chi connectivity index (χ0n) is 21.2. The van der Waals surface area contributed by atoms with Crippen molar-refractivity contribution in [2.45, 2.75) is 23.1 Å². The summed E-state index contributed by atoms with van der Waals surface area (Å²) in [5.74, 6) is -0.310. The molecule has 202 valence electrons. The van der Waals surface area contributed by atoms with Gasteiger partial charge in [-0.2, -0.15) is 0 Å². The van der Waals surface area contributed by atoms with Gasteiger partial charge in [-0.05, 0) is 48.4 Å². The minimum Gasteiger partial charge on any atom is -0.507 e. The summed E-state index contributed by atoms with van der Waals surface area (Å²) in [4.78, 5) is 28.2. The number of carbonyl (C=O) groups is 2. The van der Waals surface area contributed by atoms with Crippen LogP contribution in [0.15, 0.2) is 76.6 Å². The number of ketones is 1. The van der Waals surface area contributed by atoms with E-state index in [1.807, 2.05) is 19.1 Å². The van der Waals surface area contributed by atoms with E-state index in [2.05, 4.69) is 22.3 Å². The Morgan fingerprint density at radius 2 is 1.82 bits per heavy atom. The summed E-state index contributed by atoms with van der Waals surface area (Å²) in [6.45, 7) is 2.82. The highest BCUT2D eigenvalue weighted by Crippen LogP contribution is 2.45. The molecule has 3 aromatic carbocycles. The molecule has 8 nitrogen and oxygen atoms in total. The summed E-state index contributed by atoms with van der Waals surface area (Å²) < 4.78 is 11.9. The van der Waals surface area contributed by atoms with Crippen LogP contribution < -0.4 is 14.4 Å². The van der Waals surface area contributed by atoms with Crippen molar-refractivity contribution in [3.05, 3.63) is 99.6 Å². The van der Waals surface area contributed by atoms with Gasteiger partial charge < -0.3 is 14.6 Å². The average molecular weight is 592 g/mol. The van der Waals surface area contributed by atoms with E-state index in [4.69, 9.17) is 21.1 Å². The summed E-state index contributed by atoms with van der Waals surface area (Å²) >= 11 is 9.00. The molecule has 0 aliphatic carbocycles. The third-order valence-corrected chi connectivity index (χ3v) is 8.87. The predicted molar refractivity (Wildman–Crippen MR) is 154 cm³/mol. The topological polar surface area (TPSA) is 102 Å². The molecule has 1 aromatic heterocycles. The van der Waals surface area contributed by atoms with Gasteiger partial charge in [0.05, 0.1) is 11.6 Å². The third kappa shape index (κ3) is 5.05. The molecule has 0 bridgehead atoms. The number of hydrogen-bond acceptors (Lipinski definition) is 9. The summed E-state index contributed by atoms with van der Waals surface area (Å²) in [5, 5.41) is 20.6. The fourth-order valence-electron chi connectivity index (χ4n) is 4.56. The fourth-order valence-corrected chi connectivity index (χ4v) is 6.58. The number of nitrogens with zero attached hydrogens (tertiary/aromatic N) is 3. The standard InChI is InChI=1S/C29H22ClN3O5S2/c1-16-5-7-17(8-6-16)15-39-29-32-31-28(40-29)33-24(18-3-2-4-20(30)13-18)23(26(35)27(33)36)25(34)19-9-10-21-22(14-19)38-12-11-37-21/h2-10,13-14,24,34H,11-12,15H2,1H3/t24-/m1/s1. The van der Waals surface area contributed by atoms with Crippen LogP contribution in [0, 0.1) is 6.92 Å². The van der Waals surface area contributed by atoms with E-state index < -0.39 is 17.7 Å². The van der Waals surface area contributed by atoms with E-state index in [1.54, 1.807) is 42.5 Å². The number of aryl methyl sites for hydroxylation is 1. The molecule has 2 aliphatic heterocycles. The first-order chi connectivity index (χ1) is 19.4. The number of thioether (sulfide) groups is 1. The molecular weight excluding hydrogens is 570 g/mol. The Morgan fingerprint density at radius 3 is 2.60 bits per heavy atom. The Morgan fingerprint density at radius 1 is 1.05 bits per heavy atom. The monoisotopic (exact) mass is 591 g/mol. The normalized spacial score (nSPS) is 17.9. The first-order valence-corrected chi connectivity index (χ1v) is 14.6. The van der Waals surface area contributed by atoms with Crippen LogP contribution in [0.2, 0.25) is 5.02 Å². The van der Waals surface area contributed by atoms with Crippen LogP contribution in [0.5, 0.6) is 11.5 Å². The highest BCUT2D eigenvalue weighted by Gasteiger charge is 2.48. The summed E-state index contributed by atoms with van der Waals surface area (Å²) in [5.41, 5.74) is 3.11. The second-order valence-electron chi connectivity index (χ2n) is 9.21. The van der Waals surface area contributed by atoms with E-state index in [1.165, 1.54) is 33.6 Å². The van der Waals surface area contributed by atoms with E-state index in [0.717, 1.165) is 5.56 Å². The molecule has 11 heteroatoms. The Kier molecular flexibility index (Phi) is 7.22. The molecule has 1 fully saturated rings. The third-order valence-electron chi connectivity index (χ3n) is 6.51. The van der Waals surface area contributed by atoms with Gasteiger partial charge in [0.15, 0.2) is 15.8 Å². The van der Waals surface area contributed by atoms with Gasteiger partial charge in [-0.3, -0.25) is 14.5 Å². The molecule has 4 aromatic rings. The van der Waals surface area contributed by atoms with E-state index in [9.17, 15) is 14.7 Å². The number of Topliss-reactive ketones (excluding diaryl/α,β-unsaturated/α-hetero) is 1. The van der Waals surface area contributed by atoms with Crippen LogP contribution in [-0.4, -0.2) is 40.2 Å². The van der Waals surface area contributed by atoms with Crippen LogP contribution in [-0.2, 0) is 15.3 Å². The maximum atomic E-state index is 13.5. The van der Waals surface area contributed by atoms with Gasteiger partial charge in [0, 0.05) is 16.3 Å². The molecule has 1 amide bonds. The minimum absolute atomic E-state index is 0.0759. The Bertz CT molecular complexity index is 1650. The number of aliphatic hydroxyl groups is 1. The minimum atomic E-state index is -0.963. The van der Waals surface area contributed by atoms with Gasteiger partial charge in [0.1, 0.15) is 19.0 Å². The van der Waals surface area contributed by atoms with Gasteiger partial charge in [-0.25, -0.2) is 0 Å². The number of aromatic nitrogens is 2. The van der Waals surface area contributed by atoms with Gasteiger partial charge >= 0.3 is 5.91 Å². The van der Waals surface area contributed by atoms with Gasteiger partial charge in [-0.15, -0.1) is 10.2 Å². The van der Waals surface area contributed by atoms with Gasteiger partial charge in [-0.1, -0.05) is 76.7 Å². The van der Waals surface area contributed by atoms with Crippen molar-refractivity contribution in [3.8, 4) is 11.5 Å². The first kappa shape index (κ1) is 26.4. The Hall–Kier alpha value is -3.86. The number of benzene rings is 3. The van der Waals surface area contributed by atoms with Crippen LogP contribution in [0.25, 0.3) is 5.76 Å². The summed E-state index contributed by atoms with van der Waals surface area (Å²) in [7, 11) is 0. The van der Waals surface area contributed by atoms with Crippen molar-refractivity contribution in [3.63, 3.8) is 0 Å². The van der Waals surface area contributed by atoms with Gasteiger partial charge in [0.2, 0.25) is 5.13 Å².